The maximum absolute atomic E-state index is 12.3. The fraction of sp³-hybridized carbons (Fsp3) is 0.176. The number of benzene rings is 1. The predicted octanol–water partition coefficient (Wildman–Crippen LogP) is 2.37. The first kappa shape index (κ1) is 16.9. The van der Waals surface area contributed by atoms with Gasteiger partial charge in [0, 0.05) is 12.6 Å². The molecular formula is C17H15F2N7O. The molecule has 4 rings (SSSR count). The molecule has 8 nitrogen and oxygen atoms in total. The Kier molecular flexibility index (Phi) is 4.37. The van der Waals surface area contributed by atoms with Gasteiger partial charge in [-0.25, -0.2) is 10.1 Å². The summed E-state index contributed by atoms with van der Waals surface area (Å²) in [6.45, 7) is -2.42. The van der Waals surface area contributed by atoms with Crippen molar-refractivity contribution in [3.8, 4) is 5.75 Å². The summed E-state index contributed by atoms with van der Waals surface area (Å²) >= 11 is 0. The molecule has 0 amide bonds. The molecule has 1 aromatic carbocycles. The third-order valence-electron chi connectivity index (χ3n) is 3.95. The number of alkyl halides is 2. The normalized spacial score (nSPS) is 11.4. The van der Waals surface area contributed by atoms with E-state index in [9.17, 15) is 8.78 Å². The molecule has 3 heterocycles. The Hall–Kier alpha value is -3.56. The largest absolute Gasteiger partial charge is 0.435 e. The van der Waals surface area contributed by atoms with Crippen molar-refractivity contribution in [3.63, 3.8) is 0 Å². The summed E-state index contributed by atoms with van der Waals surface area (Å²) in [5.41, 5.74) is 9.65. The first-order chi connectivity index (χ1) is 13.1. The highest BCUT2D eigenvalue weighted by molar-refractivity contribution is 5.76. The number of pyridine rings is 1. The van der Waals surface area contributed by atoms with E-state index >= 15 is 0 Å². The number of halogens is 2. The highest BCUT2D eigenvalue weighted by Gasteiger charge is 2.10. The third kappa shape index (κ3) is 3.84. The second kappa shape index (κ2) is 6.98. The van der Waals surface area contributed by atoms with E-state index in [4.69, 9.17) is 5.73 Å². The van der Waals surface area contributed by atoms with Crippen LogP contribution in [0.4, 0.5) is 14.6 Å². The molecule has 0 atom stereocenters. The minimum absolute atomic E-state index is 0.121. The van der Waals surface area contributed by atoms with E-state index in [-0.39, 0.29) is 5.75 Å². The maximum Gasteiger partial charge on any atom is 0.387 e. The molecule has 0 saturated carbocycles. The van der Waals surface area contributed by atoms with Crippen LogP contribution in [0.15, 0.2) is 42.7 Å². The number of fused-ring (bicyclic) bond motifs is 1. The second-order valence-electron chi connectivity index (χ2n) is 5.96. The molecule has 0 saturated heterocycles. The van der Waals surface area contributed by atoms with Gasteiger partial charge in [0.05, 0.1) is 12.7 Å². The van der Waals surface area contributed by atoms with Crippen LogP contribution in [-0.2, 0) is 13.0 Å². The fourth-order valence-corrected chi connectivity index (χ4v) is 2.87. The molecule has 0 aliphatic rings. The highest BCUT2D eigenvalue weighted by atomic mass is 19.3. The minimum atomic E-state index is -2.85. The Morgan fingerprint density at radius 1 is 1.22 bits per heavy atom. The van der Waals surface area contributed by atoms with Crippen LogP contribution in [0.2, 0.25) is 0 Å². The molecule has 0 bridgehead atoms. The number of rotatable bonds is 6. The van der Waals surface area contributed by atoms with Crippen LogP contribution in [0.3, 0.4) is 0 Å². The number of aromatic nitrogens is 6. The molecule has 0 aliphatic heterocycles. The van der Waals surface area contributed by atoms with Gasteiger partial charge in [0.15, 0.2) is 5.65 Å². The van der Waals surface area contributed by atoms with Crippen molar-refractivity contribution in [3.05, 3.63) is 59.4 Å². The van der Waals surface area contributed by atoms with Gasteiger partial charge in [-0.15, -0.1) is 5.10 Å². The number of hydrogen-bond acceptors (Lipinski definition) is 6. The second-order valence-corrected chi connectivity index (χ2v) is 5.96. The van der Waals surface area contributed by atoms with Gasteiger partial charge in [-0.2, -0.15) is 13.9 Å². The van der Waals surface area contributed by atoms with E-state index in [0.29, 0.717) is 29.9 Å². The first-order valence-electron chi connectivity index (χ1n) is 8.08. The number of nitrogens with one attached hydrogen (secondary N) is 1. The lowest BCUT2D eigenvalue weighted by atomic mass is 10.1. The number of aromatic amines is 1. The Labute approximate surface area is 152 Å². The van der Waals surface area contributed by atoms with E-state index in [1.165, 1.54) is 6.07 Å². The number of ether oxygens (including phenoxy) is 1. The lowest BCUT2D eigenvalue weighted by Crippen LogP contribution is -2.04. The van der Waals surface area contributed by atoms with E-state index < -0.39 is 6.61 Å². The van der Waals surface area contributed by atoms with Crippen LogP contribution in [0.5, 0.6) is 5.75 Å². The van der Waals surface area contributed by atoms with Crippen molar-refractivity contribution < 1.29 is 13.5 Å². The van der Waals surface area contributed by atoms with E-state index in [0.717, 1.165) is 16.7 Å². The smallest absolute Gasteiger partial charge is 0.387 e. The van der Waals surface area contributed by atoms with Gasteiger partial charge < -0.3 is 10.5 Å². The quantitative estimate of drug-likeness (QED) is 0.539. The Balaban J connectivity index is 1.51. The van der Waals surface area contributed by atoms with E-state index in [1.54, 1.807) is 29.1 Å². The number of nitrogens with two attached hydrogens (primary N) is 1. The van der Waals surface area contributed by atoms with Crippen molar-refractivity contribution in [2.24, 2.45) is 0 Å². The standard InChI is InChI=1S/C17H15F2N7O/c18-17(19)27-13-3-1-2-10(5-13)8-26-9-11(7-21-26)4-12-6-14(20)22-16-15(12)23-25-24-16/h1-3,5-7,9,17H,4,8H2,(H3,20,22,23,24,25). The third-order valence-corrected chi connectivity index (χ3v) is 3.95. The summed E-state index contributed by atoms with van der Waals surface area (Å²) in [6.07, 6.45) is 4.18. The van der Waals surface area contributed by atoms with Crippen LogP contribution >= 0.6 is 0 Å². The lowest BCUT2D eigenvalue weighted by Gasteiger charge is -2.07. The molecule has 0 radical (unpaired) electrons. The SMILES string of the molecule is Nc1cc(Cc2cnn(Cc3cccc(OC(F)F)c3)c2)c2nn[nH]c2n1. The van der Waals surface area contributed by atoms with Gasteiger partial charge in [0.25, 0.3) is 0 Å². The zero-order valence-electron chi connectivity index (χ0n) is 14.0. The molecule has 27 heavy (non-hydrogen) atoms. The minimum Gasteiger partial charge on any atom is -0.435 e. The first-order valence-corrected chi connectivity index (χ1v) is 8.08. The Morgan fingerprint density at radius 3 is 2.96 bits per heavy atom. The number of nitrogen functional groups attached to an aromatic ring is 1. The number of hydrogen-bond donors (Lipinski definition) is 2. The zero-order chi connectivity index (χ0) is 18.8. The van der Waals surface area contributed by atoms with E-state index in [2.05, 4.69) is 30.2 Å². The monoisotopic (exact) mass is 371 g/mol. The van der Waals surface area contributed by atoms with Crippen molar-refractivity contribution in [1.29, 1.82) is 0 Å². The molecule has 0 aliphatic carbocycles. The van der Waals surface area contributed by atoms with Gasteiger partial charge in [0.1, 0.15) is 17.1 Å². The van der Waals surface area contributed by atoms with Gasteiger partial charge in [-0.05, 0) is 34.9 Å². The molecule has 138 valence electrons. The summed E-state index contributed by atoms with van der Waals surface area (Å²) in [6, 6.07) is 8.30. The van der Waals surface area contributed by atoms with Crippen molar-refractivity contribution in [2.45, 2.75) is 19.6 Å². The van der Waals surface area contributed by atoms with Crippen LogP contribution in [0.1, 0.15) is 16.7 Å². The van der Waals surface area contributed by atoms with Gasteiger partial charge in [0.2, 0.25) is 0 Å². The summed E-state index contributed by atoms with van der Waals surface area (Å²) in [4.78, 5) is 4.14. The number of anilines is 1. The molecular weight excluding hydrogens is 356 g/mol. The molecule has 3 aromatic heterocycles. The molecule has 10 heteroatoms. The zero-order valence-corrected chi connectivity index (χ0v) is 14.0. The van der Waals surface area contributed by atoms with Crippen molar-refractivity contribution in [1.82, 2.24) is 30.2 Å². The Morgan fingerprint density at radius 2 is 2.11 bits per heavy atom. The fourth-order valence-electron chi connectivity index (χ4n) is 2.87. The van der Waals surface area contributed by atoms with Gasteiger partial charge >= 0.3 is 6.61 Å². The molecule has 0 spiro atoms. The number of H-pyrrole nitrogens is 1. The van der Waals surface area contributed by atoms with Crippen LogP contribution < -0.4 is 10.5 Å². The average Bonchev–Trinajstić information content (AvgIpc) is 3.24. The topological polar surface area (TPSA) is 108 Å². The summed E-state index contributed by atoms with van der Waals surface area (Å²) in [5.74, 6) is 0.502. The predicted molar refractivity (Wildman–Crippen MR) is 93.3 cm³/mol. The molecule has 0 unspecified atom stereocenters. The lowest BCUT2D eigenvalue weighted by molar-refractivity contribution is -0.0498. The van der Waals surface area contributed by atoms with Crippen LogP contribution in [0.25, 0.3) is 11.2 Å². The average molecular weight is 371 g/mol. The van der Waals surface area contributed by atoms with Gasteiger partial charge in [-0.1, -0.05) is 17.3 Å². The van der Waals surface area contributed by atoms with Crippen LogP contribution in [0, 0.1) is 0 Å². The van der Waals surface area contributed by atoms with Crippen molar-refractivity contribution >= 4 is 17.0 Å². The summed E-state index contributed by atoms with van der Waals surface area (Å²) < 4.78 is 30.8. The molecule has 3 N–H and O–H groups in total. The van der Waals surface area contributed by atoms with Crippen molar-refractivity contribution in [2.75, 3.05) is 5.73 Å². The van der Waals surface area contributed by atoms with Gasteiger partial charge in [-0.3, -0.25) is 4.68 Å². The highest BCUT2D eigenvalue weighted by Crippen LogP contribution is 2.20. The maximum atomic E-state index is 12.3. The van der Waals surface area contributed by atoms with Crippen LogP contribution in [-0.4, -0.2) is 36.8 Å². The molecule has 4 aromatic rings. The van der Waals surface area contributed by atoms with E-state index in [1.807, 2.05) is 12.3 Å². The summed E-state index contributed by atoms with van der Waals surface area (Å²) in [5, 5.41) is 14.8. The summed E-state index contributed by atoms with van der Waals surface area (Å²) in [7, 11) is 0. The molecule has 0 fully saturated rings. The Bertz CT molecular complexity index is 1080. The number of nitrogens with zero attached hydrogens (tertiary/aromatic N) is 5.